The average Bonchev–Trinajstić information content (AvgIpc) is 3.35. The minimum absolute atomic E-state index is 0.0592. The van der Waals surface area contributed by atoms with E-state index in [1.807, 2.05) is 26.8 Å². The van der Waals surface area contributed by atoms with E-state index in [1.54, 1.807) is 0 Å². The number of carbonyl (C=O) groups is 1. The van der Waals surface area contributed by atoms with Gasteiger partial charge in [-0.1, -0.05) is 30.3 Å². The third kappa shape index (κ3) is 6.13. The topological polar surface area (TPSA) is 61.1 Å². The number of pyridine rings is 1. The van der Waals surface area contributed by atoms with Crippen molar-refractivity contribution in [3.8, 4) is 11.6 Å². The van der Waals surface area contributed by atoms with Gasteiger partial charge in [0.25, 0.3) is 0 Å². The number of nitrogens with one attached hydrogen (secondary N) is 1. The number of aromatic nitrogens is 3. The van der Waals surface area contributed by atoms with E-state index in [-0.39, 0.29) is 5.92 Å². The number of alkyl carbamates (subject to hydrolysis) is 1. The number of hydrogen-bond acceptors (Lipinski definition) is 3. The average molecular weight is 499 g/mol. The molecule has 3 heterocycles. The summed E-state index contributed by atoms with van der Waals surface area (Å²) in [5, 5.41) is 2.94. The Kier molecular flexibility index (Phi) is 7.58. The van der Waals surface area contributed by atoms with Gasteiger partial charge in [-0.3, -0.25) is 0 Å². The molecule has 0 aliphatic rings. The smallest absolute Gasteiger partial charge is 0.407 e. The predicted octanol–water partition coefficient (Wildman–Crippen LogP) is 6.94. The SMILES string of the molecule is Cc1ccc(C)n1-c1cc(C(CCNC(=O)OC(C)(C)C)c2ccccc2)cc(-n2c(C)ccc2C)n1. The summed E-state index contributed by atoms with van der Waals surface area (Å²) in [7, 11) is 0. The second-order valence-electron chi connectivity index (χ2n) is 10.7. The molecule has 1 aromatic carbocycles. The van der Waals surface area contributed by atoms with Crippen LogP contribution in [0.25, 0.3) is 11.6 Å². The molecule has 3 aromatic heterocycles. The lowest BCUT2D eigenvalue weighted by molar-refractivity contribution is 0.0526. The zero-order valence-corrected chi connectivity index (χ0v) is 23.0. The molecule has 6 heteroatoms. The van der Waals surface area contributed by atoms with Crippen LogP contribution in [0.15, 0.2) is 66.7 Å². The van der Waals surface area contributed by atoms with Crippen molar-refractivity contribution in [3.05, 3.63) is 101 Å². The number of benzene rings is 1. The maximum absolute atomic E-state index is 12.3. The molecule has 0 fully saturated rings. The van der Waals surface area contributed by atoms with Gasteiger partial charge in [-0.05, 0) is 102 Å². The normalized spacial score (nSPS) is 12.4. The highest BCUT2D eigenvalue weighted by molar-refractivity contribution is 5.67. The Morgan fingerprint density at radius 1 is 0.811 bits per heavy atom. The molecule has 37 heavy (non-hydrogen) atoms. The second-order valence-corrected chi connectivity index (χ2v) is 10.7. The van der Waals surface area contributed by atoms with Gasteiger partial charge in [-0.2, -0.15) is 0 Å². The molecule has 0 aliphatic heterocycles. The van der Waals surface area contributed by atoms with Crippen molar-refractivity contribution < 1.29 is 9.53 Å². The summed E-state index contributed by atoms with van der Waals surface area (Å²) in [6.07, 6.45) is 0.326. The second kappa shape index (κ2) is 10.7. The molecule has 0 spiro atoms. The van der Waals surface area contributed by atoms with Crippen molar-refractivity contribution in [2.45, 2.75) is 66.4 Å². The Balaban J connectivity index is 1.78. The number of hydrogen-bond donors (Lipinski definition) is 1. The molecule has 6 nitrogen and oxygen atoms in total. The Labute approximate surface area is 220 Å². The van der Waals surface area contributed by atoms with Crippen molar-refractivity contribution >= 4 is 6.09 Å². The van der Waals surface area contributed by atoms with Crippen LogP contribution in [0.2, 0.25) is 0 Å². The van der Waals surface area contributed by atoms with Crippen molar-refractivity contribution in [1.29, 1.82) is 0 Å². The molecule has 0 aliphatic carbocycles. The van der Waals surface area contributed by atoms with Crippen LogP contribution < -0.4 is 5.32 Å². The number of aryl methyl sites for hydroxylation is 4. The zero-order valence-electron chi connectivity index (χ0n) is 23.0. The van der Waals surface area contributed by atoms with E-state index in [9.17, 15) is 4.79 Å². The fourth-order valence-corrected chi connectivity index (χ4v) is 4.86. The first-order chi connectivity index (χ1) is 17.5. The van der Waals surface area contributed by atoms with Crippen LogP contribution in [-0.2, 0) is 4.74 Å². The fraction of sp³-hybridized carbons (Fsp3) is 0.355. The summed E-state index contributed by atoms with van der Waals surface area (Å²) in [6, 6.07) is 23.3. The van der Waals surface area contributed by atoms with Crippen LogP contribution in [-0.4, -0.2) is 32.4 Å². The van der Waals surface area contributed by atoms with Gasteiger partial charge < -0.3 is 19.2 Å². The Bertz CT molecular complexity index is 1270. The zero-order chi connectivity index (χ0) is 26.7. The lowest BCUT2D eigenvalue weighted by atomic mass is 9.88. The standard InChI is InChI=1S/C31H38N4O2/c1-21-13-14-22(2)34(21)28-19-26(20-29(33-28)35-23(3)15-16-24(35)4)27(25-11-9-8-10-12-25)17-18-32-30(36)37-31(5,6)7/h8-16,19-20,27H,17-18H2,1-7H3,(H,32,36). The molecule has 1 atom stereocenters. The van der Waals surface area contributed by atoms with E-state index in [0.29, 0.717) is 6.54 Å². The highest BCUT2D eigenvalue weighted by atomic mass is 16.6. The number of amides is 1. The molecule has 4 aromatic rings. The van der Waals surface area contributed by atoms with Crippen LogP contribution in [0.1, 0.15) is 67.0 Å². The Hall–Kier alpha value is -3.80. The molecule has 194 valence electrons. The molecule has 0 radical (unpaired) electrons. The van der Waals surface area contributed by atoms with Gasteiger partial charge in [0.2, 0.25) is 0 Å². The number of rotatable bonds is 7. The van der Waals surface area contributed by atoms with Gasteiger partial charge in [-0.15, -0.1) is 0 Å². The van der Waals surface area contributed by atoms with Crippen LogP contribution in [0.3, 0.4) is 0 Å². The van der Waals surface area contributed by atoms with E-state index in [4.69, 9.17) is 9.72 Å². The third-order valence-corrected chi connectivity index (χ3v) is 6.53. The summed E-state index contributed by atoms with van der Waals surface area (Å²) in [5.74, 6) is 1.84. The molecular weight excluding hydrogens is 460 g/mol. The summed E-state index contributed by atoms with van der Waals surface area (Å²) < 4.78 is 9.85. The summed E-state index contributed by atoms with van der Waals surface area (Å²) in [5.41, 5.74) is 6.36. The van der Waals surface area contributed by atoms with Crippen LogP contribution in [0, 0.1) is 27.7 Å². The van der Waals surface area contributed by atoms with Crippen LogP contribution in [0.5, 0.6) is 0 Å². The van der Waals surface area contributed by atoms with E-state index in [2.05, 4.69) is 103 Å². The molecule has 0 bridgehead atoms. The Morgan fingerprint density at radius 2 is 1.30 bits per heavy atom. The van der Waals surface area contributed by atoms with Crippen LogP contribution in [0.4, 0.5) is 4.79 Å². The highest BCUT2D eigenvalue weighted by Crippen LogP contribution is 2.31. The largest absolute Gasteiger partial charge is 0.444 e. The lowest BCUT2D eigenvalue weighted by Crippen LogP contribution is -2.33. The van der Waals surface area contributed by atoms with Gasteiger partial charge in [0, 0.05) is 35.2 Å². The maximum atomic E-state index is 12.3. The first-order valence-corrected chi connectivity index (χ1v) is 12.9. The molecular formula is C31H38N4O2. The monoisotopic (exact) mass is 498 g/mol. The van der Waals surface area contributed by atoms with Gasteiger partial charge in [0.15, 0.2) is 0 Å². The van der Waals surface area contributed by atoms with E-state index in [0.717, 1.165) is 46.4 Å². The van der Waals surface area contributed by atoms with Gasteiger partial charge in [0.05, 0.1) is 0 Å². The van der Waals surface area contributed by atoms with Crippen LogP contribution >= 0.6 is 0 Å². The lowest BCUT2D eigenvalue weighted by Gasteiger charge is -2.23. The maximum Gasteiger partial charge on any atom is 0.407 e. The minimum atomic E-state index is -0.531. The Morgan fingerprint density at radius 3 is 1.76 bits per heavy atom. The summed E-state index contributed by atoms with van der Waals surface area (Å²) in [4.78, 5) is 17.5. The number of nitrogens with zero attached hydrogens (tertiary/aromatic N) is 3. The quantitative estimate of drug-likeness (QED) is 0.300. The highest BCUT2D eigenvalue weighted by Gasteiger charge is 2.21. The van der Waals surface area contributed by atoms with Crippen molar-refractivity contribution in [2.24, 2.45) is 0 Å². The van der Waals surface area contributed by atoms with Crippen molar-refractivity contribution in [1.82, 2.24) is 19.4 Å². The third-order valence-electron chi connectivity index (χ3n) is 6.53. The molecule has 0 saturated heterocycles. The number of carbonyl (C=O) groups excluding carboxylic acids is 1. The first kappa shape index (κ1) is 26.3. The van der Waals surface area contributed by atoms with Crippen molar-refractivity contribution in [3.63, 3.8) is 0 Å². The van der Waals surface area contributed by atoms with Gasteiger partial charge >= 0.3 is 6.09 Å². The summed E-state index contributed by atoms with van der Waals surface area (Å²) in [6.45, 7) is 14.5. The molecule has 0 saturated carbocycles. The fourth-order valence-electron chi connectivity index (χ4n) is 4.86. The molecule has 1 N–H and O–H groups in total. The molecule has 1 amide bonds. The predicted molar refractivity (Wildman–Crippen MR) is 149 cm³/mol. The van der Waals surface area contributed by atoms with Crippen molar-refractivity contribution in [2.75, 3.05) is 6.54 Å². The molecule has 4 rings (SSSR count). The number of ether oxygens (including phenoxy) is 1. The minimum Gasteiger partial charge on any atom is -0.444 e. The summed E-state index contributed by atoms with van der Waals surface area (Å²) >= 11 is 0. The molecule has 1 unspecified atom stereocenters. The van der Waals surface area contributed by atoms with E-state index < -0.39 is 11.7 Å². The first-order valence-electron chi connectivity index (χ1n) is 12.9. The van der Waals surface area contributed by atoms with E-state index in [1.165, 1.54) is 5.56 Å². The van der Waals surface area contributed by atoms with Gasteiger partial charge in [0.1, 0.15) is 17.2 Å². The van der Waals surface area contributed by atoms with Gasteiger partial charge in [-0.25, -0.2) is 9.78 Å². The van der Waals surface area contributed by atoms with E-state index >= 15 is 0 Å².